The Hall–Kier alpha value is -2.74. The van der Waals surface area contributed by atoms with Gasteiger partial charge in [-0.3, -0.25) is 4.72 Å². The minimum absolute atomic E-state index is 0.0289. The van der Waals surface area contributed by atoms with Crippen LogP contribution in [-0.2, 0) is 10.0 Å². The van der Waals surface area contributed by atoms with Gasteiger partial charge in [-0.25, -0.2) is 13.2 Å². The van der Waals surface area contributed by atoms with Crippen LogP contribution in [0.25, 0.3) is 0 Å². The van der Waals surface area contributed by atoms with E-state index in [0.29, 0.717) is 5.75 Å². The Labute approximate surface area is 165 Å². The predicted octanol–water partition coefficient (Wildman–Crippen LogP) is 3.57. The first-order valence-electron chi connectivity index (χ1n) is 9.20. The number of hydrogen-bond acceptors (Lipinski definition) is 5. The van der Waals surface area contributed by atoms with E-state index in [-0.39, 0.29) is 16.1 Å². The van der Waals surface area contributed by atoms with Crippen molar-refractivity contribution in [2.75, 3.05) is 29.8 Å². The second-order valence-corrected chi connectivity index (χ2v) is 8.40. The van der Waals surface area contributed by atoms with E-state index < -0.39 is 16.0 Å². The van der Waals surface area contributed by atoms with Gasteiger partial charge in [0.1, 0.15) is 5.75 Å². The molecule has 2 aromatic rings. The molecule has 0 unspecified atom stereocenters. The second kappa shape index (κ2) is 8.52. The average molecular weight is 404 g/mol. The summed E-state index contributed by atoms with van der Waals surface area (Å²) in [7, 11) is -2.43. The largest absolute Gasteiger partial charge is 0.497 e. The fraction of sp³-hybridized carbons (Fsp3) is 0.350. The monoisotopic (exact) mass is 404 g/mol. The number of aromatic carboxylic acids is 1. The molecular formula is C20H24N2O5S. The standard InChI is InChI=1S/C20H24N2O5S/c1-27-16-7-9-17(10-8-16)28(25,26)21-19-11-6-15(14-18(19)20(23)24)22-12-4-2-3-5-13-22/h6-11,14,21H,2-5,12-13H2,1H3,(H,23,24). The van der Waals surface area contributed by atoms with Crippen LogP contribution < -0.4 is 14.4 Å². The number of carboxylic acid groups (broad SMARTS) is 1. The van der Waals surface area contributed by atoms with Crippen molar-refractivity contribution in [3.63, 3.8) is 0 Å². The molecular weight excluding hydrogens is 380 g/mol. The summed E-state index contributed by atoms with van der Waals surface area (Å²) >= 11 is 0. The van der Waals surface area contributed by atoms with Gasteiger partial charge >= 0.3 is 5.97 Å². The molecule has 1 saturated heterocycles. The second-order valence-electron chi connectivity index (χ2n) is 6.72. The SMILES string of the molecule is COc1ccc(S(=O)(=O)Nc2ccc(N3CCCCCC3)cc2C(=O)O)cc1. The number of carbonyl (C=O) groups is 1. The summed E-state index contributed by atoms with van der Waals surface area (Å²) in [5.41, 5.74) is 0.771. The maximum Gasteiger partial charge on any atom is 0.337 e. The summed E-state index contributed by atoms with van der Waals surface area (Å²) in [6.07, 6.45) is 4.46. The number of rotatable bonds is 6. The Morgan fingerprint density at radius 1 is 1.04 bits per heavy atom. The molecule has 0 aromatic heterocycles. The van der Waals surface area contributed by atoms with Gasteiger partial charge in [0.2, 0.25) is 0 Å². The molecule has 1 aliphatic rings. The van der Waals surface area contributed by atoms with Crippen LogP contribution in [0, 0.1) is 0 Å². The molecule has 0 spiro atoms. The maximum absolute atomic E-state index is 12.7. The lowest BCUT2D eigenvalue weighted by Gasteiger charge is -2.23. The number of nitrogens with zero attached hydrogens (tertiary/aromatic N) is 1. The number of ether oxygens (including phenoxy) is 1. The zero-order valence-electron chi connectivity index (χ0n) is 15.7. The lowest BCUT2D eigenvalue weighted by Crippen LogP contribution is -2.24. The van der Waals surface area contributed by atoms with Crippen LogP contribution in [0.4, 0.5) is 11.4 Å². The third-order valence-corrected chi connectivity index (χ3v) is 6.20. The number of hydrogen-bond donors (Lipinski definition) is 2. The zero-order chi connectivity index (χ0) is 20.1. The van der Waals surface area contributed by atoms with Crippen LogP contribution in [-0.4, -0.2) is 39.7 Å². The van der Waals surface area contributed by atoms with Gasteiger partial charge in [0, 0.05) is 18.8 Å². The van der Waals surface area contributed by atoms with Crippen molar-refractivity contribution < 1.29 is 23.1 Å². The molecule has 150 valence electrons. The van der Waals surface area contributed by atoms with Crippen LogP contribution in [0.5, 0.6) is 5.75 Å². The molecule has 8 heteroatoms. The van der Waals surface area contributed by atoms with Crippen molar-refractivity contribution in [3.05, 3.63) is 48.0 Å². The summed E-state index contributed by atoms with van der Waals surface area (Å²) in [5, 5.41) is 9.61. The molecule has 0 bridgehead atoms. The topological polar surface area (TPSA) is 95.9 Å². The van der Waals surface area contributed by atoms with Gasteiger partial charge in [0.25, 0.3) is 10.0 Å². The van der Waals surface area contributed by atoms with E-state index in [0.717, 1.165) is 31.6 Å². The number of carboxylic acids is 1. The van der Waals surface area contributed by atoms with Gasteiger partial charge in [-0.1, -0.05) is 12.8 Å². The summed E-state index contributed by atoms with van der Waals surface area (Å²) in [6, 6.07) is 10.7. The van der Waals surface area contributed by atoms with Crippen LogP contribution >= 0.6 is 0 Å². The van der Waals surface area contributed by atoms with E-state index in [1.54, 1.807) is 12.1 Å². The van der Waals surface area contributed by atoms with Crippen molar-refractivity contribution in [3.8, 4) is 5.75 Å². The average Bonchev–Trinajstić information content (AvgIpc) is 2.97. The van der Waals surface area contributed by atoms with Crippen molar-refractivity contribution >= 4 is 27.4 Å². The van der Waals surface area contributed by atoms with Crippen molar-refractivity contribution in [2.45, 2.75) is 30.6 Å². The Morgan fingerprint density at radius 2 is 1.68 bits per heavy atom. The molecule has 28 heavy (non-hydrogen) atoms. The summed E-state index contributed by atoms with van der Waals surface area (Å²) < 4.78 is 32.7. The van der Waals surface area contributed by atoms with E-state index in [9.17, 15) is 18.3 Å². The highest BCUT2D eigenvalue weighted by molar-refractivity contribution is 7.92. The summed E-state index contributed by atoms with van der Waals surface area (Å²) in [6.45, 7) is 1.74. The van der Waals surface area contributed by atoms with Gasteiger partial charge in [0.05, 0.1) is 23.3 Å². The van der Waals surface area contributed by atoms with E-state index in [4.69, 9.17) is 4.74 Å². The summed E-state index contributed by atoms with van der Waals surface area (Å²) in [4.78, 5) is 13.9. The van der Waals surface area contributed by atoms with E-state index in [2.05, 4.69) is 9.62 Å². The highest BCUT2D eigenvalue weighted by Gasteiger charge is 2.20. The third-order valence-electron chi connectivity index (χ3n) is 4.82. The molecule has 0 atom stereocenters. The highest BCUT2D eigenvalue weighted by atomic mass is 32.2. The number of anilines is 2. The highest BCUT2D eigenvalue weighted by Crippen LogP contribution is 2.28. The summed E-state index contributed by atoms with van der Waals surface area (Å²) in [5.74, 6) is -0.643. The van der Waals surface area contributed by atoms with Crippen molar-refractivity contribution in [2.24, 2.45) is 0 Å². The van der Waals surface area contributed by atoms with Gasteiger partial charge < -0.3 is 14.7 Å². The fourth-order valence-electron chi connectivity index (χ4n) is 3.28. The van der Waals surface area contributed by atoms with Crippen molar-refractivity contribution in [1.29, 1.82) is 0 Å². The van der Waals surface area contributed by atoms with Gasteiger partial charge in [-0.15, -0.1) is 0 Å². The Balaban J connectivity index is 1.89. The number of sulfonamides is 1. The lowest BCUT2D eigenvalue weighted by atomic mass is 10.1. The first kappa shape index (κ1) is 20.0. The molecule has 2 aromatic carbocycles. The normalized spacial score (nSPS) is 15.0. The molecule has 0 amide bonds. The minimum atomic E-state index is -3.92. The Morgan fingerprint density at radius 3 is 2.25 bits per heavy atom. The van der Waals surface area contributed by atoms with Crippen LogP contribution in [0.2, 0.25) is 0 Å². The van der Waals surface area contributed by atoms with Gasteiger partial charge in [-0.2, -0.15) is 0 Å². The quantitative estimate of drug-likeness (QED) is 0.764. The van der Waals surface area contributed by atoms with Crippen LogP contribution in [0.1, 0.15) is 36.0 Å². The van der Waals surface area contributed by atoms with Crippen LogP contribution in [0.3, 0.4) is 0 Å². The van der Waals surface area contributed by atoms with E-state index >= 15 is 0 Å². The fourth-order valence-corrected chi connectivity index (χ4v) is 4.36. The van der Waals surface area contributed by atoms with Crippen molar-refractivity contribution in [1.82, 2.24) is 0 Å². The van der Waals surface area contributed by atoms with E-state index in [1.807, 2.05) is 0 Å². The minimum Gasteiger partial charge on any atom is -0.497 e. The number of methoxy groups -OCH3 is 1. The first-order valence-corrected chi connectivity index (χ1v) is 10.7. The molecule has 3 rings (SSSR count). The molecule has 1 aliphatic heterocycles. The maximum atomic E-state index is 12.7. The van der Waals surface area contributed by atoms with E-state index in [1.165, 1.54) is 50.3 Å². The molecule has 0 radical (unpaired) electrons. The molecule has 2 N–H and O–H groups in total. The zero-order valence-corrected chi connectivity index (χ0v) is 16.5. The van der Waals surface area contributed by atoms with Gasteiger partial charge in [-0.05, 0) is 55.3 Å². The predicted molar refractivity (Wildman–Crippen MR) is 108 cm³/mol. The Kier molecular flexibility index (Phi) is 6.08. The Bertz CT molecular complexity index is 934. The third kappa shape index (κ3) is 4.56. The first-order chi connectivity index (χ1) is 13.4. The molecule has 1 fully saturated rings. The molecule has 0 aliphatic carbocycles. The smallest absolute Gasteiger partial charge is 0.337 e. The molecule has 7 nitrogen and oxygen atoms in total. The molecule has 1 heterocycles. The number of benzene rings is 2. The lowest BCUT2D eigenvalue weighted by molar-refractivity contribution is 0.0698. The molecule has 0 saturated carbocycles. The van der Waals surface area contributed by atoms with Gasteiger partial charge in [0.15, 0.2) is 0 Å². The number of nitrogens with one attached hydrogen (secondary N) is 1. The van der Waals surface area contributed by atoms with Crippen LogP contribution in [0.15, 0.2) is 47.4 Å².